The van der Waals surface area contributed by atoms with Crippen LogP contribution in [0.2, 0.25) is 0 Å². The fourth-order valence-corrected chi connectivity index (χ4v) is 2.28. The number of nitrogens with zero attached hydrogens (tertiary/aromatic N) is 1. The van der Waals surface area contributed by atoms with Gasteiger partial charge in [-0.15, -0.1) is 0 Å². The third-order valence-corrected chi connectivity index (χ3v) is 3.34. The van der Waals surface area contributed by atoms with E-state index in [-0.39, 0.29) is 0 Å². The summed E-state index contributed by atoms with van der Waals surface area (Å²) in [6.45, 7) is 5.92. The summed E-state index contributed by atoms with van der Waals surface area (Å²) in [5.74, 6) is 1.28. The summed E-state index contributed by atoms with van der Waals surface area (Å²) in [7, 11) is 1.72. The summed E-state index contributed by atoms with van der Waals surface area (Å²) in [6.07, 6.45) is 2.20. The van der Waals surface area contributed by atoms with E-state index in [1.54, 1.807) is 7.11 Å². The molecule has 1 unspecified atom stereocenters. The van der Waals surface area contributed by atoms with E-state index >= 15 is 0 Å². The van der Waals surface area contributed by atoms with Crippen molar-refractivity contribution in [2.24, 2.45) is 5.73 Å². The lowest BCUT2D eigenvalue weighted by atomic mass is 10.0. The third kappa shape index (κ3) is 1.91. The van der Waals surface area contributed by atoms with Gasteiger partial charge in [0.15, 0.2) is 0 Å². The van der Waals surface area contributed by atoms with Crippen molar-refractivity contribution in [1.29, 1.82) is 0 Å². The van der Waals surface area contributed by atoms with Crippen LogP contribution >= 0.6 is 0 Å². The Kier molecular flexibility index (Phi) is 3.38. The van der Waals surface area contributed by atoms with E-state index in [0.29, 0.717) is 12.5 Å². The lowest BCUT2D eigenvalue weighted by Crippen LogP contribution is -2.08. The standard InChI is InChI=1S/C14H20N2O/c1-4-16-9-11(10(2)8-15)14-12(16)6-5-7-13(14)17-3/h5-7,9-10H,4,8,15H2,1-3H3. The normalized spacial score (nSPS) is 12.9. The summed E-state index contributed by atoms with van der Waals surface area (Å²) < 4.78 is 7.72. The third-order valence-electron chi connectivity index (χ3n) is 3.34. The van der Waals surface area contributed by atoms with Gasteiger partial charge in [-0.2, -0.15) is 0 Å². The highest BCUT2D eigenvalue weighted by atomic mass is 16.5. The van der Waals surface area contributed by atoms with Crippen molar-refractivity contribution < 1.29 is 4.74 Å². The second-order valence-corrected chi connectivity index (χ2v) is 4.36. The molecule has 3 heteroatoms. The van der Waals surface area contributed by atoms with Gasteiger partial charge in [0.1, 0.15) is 5.75 Å². The van der Waals surface area contributed by atoms with Gasteiger partial charge in [0.05, 0.1) is 12.6 Å². The van der Waals surface area contributed by atoms with Crippen LogP contribution in [0.1, 0.15) is 25.3 Å². The van der Waals surface area contributed by atoms with Crippen molar-refractivity contribution in [2.45, 2.75) is 26.3 Å². The minimum atomic E-state index is 0.349. The predicted octanol–water partition coefficient (Wildman–Crippen LogP) is 2.73. The van der Waals surface area contributed by atoms with Gasteiger partial charge in [-0.3, -0.25) is 0 Å². The second-order valence-electron chi connectivity index (χ2n) is 4.36. The Labute approximate surface area is 102 Å². The van der Waals surface area contributed by atoms with Crippen LogP contribution in [0, 0.1) is 0 Å². The molecule has 0 saturated heterocycles. The molecule has 2 aromatic rings. The lowest BCUT2D eigenvalue weighted by molar-refractivity contribution is 0.419. The number of fused-ring (bicyclic) bond motifs is 1. The largest absolute Gasteiger partial charge is 0.496 e. The number of aryl methyl sites for hydroxylation is 1. The molecule has 1 aromatic heterocycles. The van der Waals surface area contributed by atoms with Crippen LogP contribution < -0.4 is 10.5 Å². The zero-order chi connectivity index (χ0) is 12.4. The van der Waals surface area contributed by atoms with Crippen LogP contribution in [0.15, 0.2) is 24.4 Å². The van der Waals surface area contributed by atoms with Crippen LogP contribution in [0.5, 0.6) is 5.75 Å². The van der Waals surface area contributed by atoms with Crippen molar-refractivity contribution in [3.8, 4) is 5.75 Å². The molecule has 0 amide bonds. The fraction of sp³-hybridized carbons (Fsp3) is 0.429. The number of rotatable bonds is 4. The Morgan fingerprint density at radius 1 is 1.41 bits per heavy atom. The van der Waals surface area contributed by atoms with E-state index in [1.807, 2.05) is 12.1 Å². The van der Waals surface area contributed by atoms with E-state index in [4.69, 9.17) is 10.5 Å². The predicted molar refractivity (Wildman–Crippen MR) is 71.6 cm³/mol. The average molecular weight is 232 g/mol. The molecule has 0 aliphatic rings. The molecular weight excluding hydrogens is 212 g/mol. The van der Waals surface area contributed by atoms with Gasteiger partial charge in [-0.25, -0.2) is 0 Å². The maximum atomic E-state index is 5.79. The summed E-state index contributed by atoms with van der Waals surface area (Å²) in [6, 6.07) is 6.17. The molecule has 17 heavy (non-hydrogen) atoms. The van der Waals surface area contributed by atoms with Crippen molar-refractivity contribution in [1.82, 2.24) is 4.57 Å². The summed E-state index contributed by atoms with van der Waals surface area (Å²) >= 11 is 0. The van der Waals surface area contributed by atoms with Crippen molar-refractivity contribution >= 4 is 10.9 Å². The highest BCUT2D eigenvalue weighted by Gasteiger charge is 2.15. The molecule has 0 saturated carbocycles. The number of ether oxygens (including phenoxy) is 1. The van der Waals surface area contributed by atoms with Gasteiger partial charge in [-0.05, 0) is 37.1 Å². The average Bonchev–Trinajstić information content (AvgIpc) is 2.76. The summed E-state index contributed by atoms with van der Waals surface area (Å²) in [4.78, 5) is 0. The number of benzene rings is 1. The van der Waals surface area contributed by atoms with Crippen LogP contribution in [-0.2, 0) is 6.54 Å². The Morgan fingerprint density at radius 2 is 2.18 bits per heavy atom. The molecule has 1 atom stereocenters. The van der Waals surface area contributed by atoms with E-state index in [2.05, 4.69) is 30.7 Å². The molecular formula is C14H20N2O. The monoisotopic (exact) mass is 232 g/mol. The maximum absolute atomic E-state index is 5.79. The van der Waals surface area contributed by atoms with E-state index in [0.717, 1.165) is 12.3 Å². The molecule has 0 spiro atoms. The number of nitrogens with two attached hydrogens (primary N) is 1. The number of methoxy groups -OCH3 is 1. The van der Waals surface area contributed by atoms with E-state index in [1.165, 1.54) is 16.5 Å². The van der Waals surface area contributed by atoms with E-state index < -0.39 is 0 Å². The van der Waals surface area contributed by atoms with Crippen LogP contribution in [0.3, 0.4) is 0 Å². The quantitative estimate of drug-likeness (QED) is 0.880. The number of hydrogen-bond donors (Lipinski definition) is 1. The second kappa shape index (κ2) is 4.80. The Morgan fingerprint density at radius 3 is 2.76 bits per heavy atom. The Balaban J connectivity index is 2.74. The SMILES string of the molecule is CCn1cc(C(C)CN)c2c(OC)cccc21. The first-order valence-electron chi connectivity index (χ1n) is 6.08. The van der Waals surface area contributed by atoms with Crippen molar-refractivity contribution in [2.75, 3.05) is 13.7 Å². The van der Waals surface area contributed by atoms with Crippen LogP contribution in [-0.4, -0.2) is 18.2 Å². The number of hydrogen-bond acceptors (Lipinski definition) is 2. The lowest BCUT2D eigenvalue weighted by Gasteiger charge is -2.09. The van der Waals surface area contributed by atoms with Gasteiger partial charge >= 0.3 is 0 Å². The molecule has 0 radical (unpaired) electrons. The van der Waals surface area contributed by atoms with Gasteiger partial charge < -0.3 is 15.0 Å². The molecule has 1 aromatic carbocycles. The van der Waals surface area contributed by atoms with Gasteiger partial charge in [-0.1, -0.05) is 13.0 Å². The van der Waals surface area contributed by atoms with Gasteiger partial charge in [0.25, 0.3) is 0 Å². The topological polar surface area (TPSA) is 40.2 Å². The molecule has 2 N–H and O–H groups in total. The summed E-state index contributed by atoms with van der Waals surface area (Å²) in [5.41, 5.74) is 8.29. The zero-order valence-electron chi connectivity index (χ0n) is 10.7. The van der Waals surface area contributed by atoms with Gasteiger partial charge in [0.2, 0.25) is 0 Å². The molecule has 0 bridgehead atoms. The minimum absolute atomic E-state index is 0.349. The first kappa shape index (κ1) is 12.0. The first-order valence-corrected chi connectivity index (χ1v) is 6.08. The van der Waals surface area contributed by atoms with Crippen molar-refractivity contribution in [3.05, 3.63) is 30.0 Å². The number of aromatic nitrogens is 1. The summed E-state index contributed by atoms with van der Waals surface area (Å²) in [5, 5.41) is 1.20. The highest BCUT2D eigenvalue weighted by molar-refractivity contribution is 5.90. The molecule has 0 aliphatic carbocycles. The minimum Gasteiger partial charge on any atom is -0.496 e. The van der Waals surface area contributed by atoms with Crippen molar-refractivity contribution in [3.63, 3.8) is 0 Å². The molecule has 2 rings (SSSR count). The smallest absolute Gasteiger partial charge is 0.128 e. The zero-order valence-corrected chi connectivity index (χ0v) is 10.7. The molecule has 1 heterocycles. The Bertz CT molecular complexity index is 516. The highest BCUT2D eigenvalue weighted by Crippen LogP contribution is 2.34. The molecule has 0 aliphatic heterocycles. The molecule has 92 valence electrons. The maximum Gasteiger partial charge on any atom is 0.128 e. The van der Waals surface area contributed by atoms with Gasteiger partial charge in [0, 0.05) is 18.1 Å². The molecule has 3 nitrogen and oxygen atoms in total. The molecule has 0 fully saturated rings. The Hall–Kier alpha value is -1.48. The fourth-order valence-electron chi connectivity index (χ4n) is 2.28. The van der Waals surface area contributed by atoms with E-state index in [9.17, 15) is 0 Å². The van der Waals surface area contributed by atoms with Crippen LogP contribution in [0.4, 0.5) is 0 Å². The van der Waals surface area contributed by atoms with Crippen LogP contribution in [0.25, 0.3) is 10.9 Å². The first-order chi connectivity index (χ1) is 8.22.